The number of nitrogens with two attached hydrogens (primary N) is 1. The highest BCUT2D eigenvalue weighted by atomic mass is 16.3. The van der Waals surface area contributed by atoms with Gasteiger partial charge in [-0.2, -0.15) is 10.4 Å². The quantitative estimate of drug-likeness (QED) is 0.639. The first kappa shape index (κ1) is 14.2. The van der Waals surface area contributed by atoms with Crippen LogP contribution in [0, 0.1) is 11.3 Å². The average Bonchev–Trinajstić information content (AvgIpc) is 3.00. The van der Waals surface area contributed by atoms with Crippen LogP contribution in [0.3, 0.4) is 0 Å². The topological polar surface area (TPSA) is 141 Å². The number of carbonyl (C=O) groups excluding carboxylic acids is 1. The lowest BCUT2D eigenvalue weighted by Gasteiger charge is -2.07. The summed E-state index contributed by atoms with van der Waals surface area (Å²) in [5.41, 5.74) is 5.53. The number of phenols is 1. The van der Waals surface area contributed by atoms with E-state index in [4.69, 9.17) is 11.0 Å². The molecule has 0 spiro atoms. The number of hydrogen-bond acceptors (Lipinski definition) is 6. The van der Waals surface area contributed by atoms with E-state index in [-0.39, 0.29) is 28.4 Å². The van der Waals surface area contributed by atoms with Crippen molar-refractivity contribution in [3.05, 3.63) is 47.7 Å². The van der Waals surface area contributed by atoms with Crippen molar-refractivity contribution < 1.29 is 9.90 Å². The van der Waals surface area contributed by atoms with Crippen molar-refractivity contribution in [3.63, 3.8) is 0 Å². The fraction of sp³-hybridized carbons (Fsp3) is 0. The summed E-state index contributed by atoms with van der Waals surface area (Å²) in [6.45, 7) is 0. The molecule has 0 saturated heterocycles. The summed E-state index contributed by atoms with van der Waals surface area (Å²) in [6.07, 6.45) is 1.31. The van der Waals surface area contributed by atoms with E-state index in [2.05, 4.69) is 20.4 Å². The van der Waals surface area contributed by atoms with Crippen LogP contribution >= 0.6 is 0 Å². The molecule has 0 unspecified atom stereocenters. The Balaban J connectivity index is 2.22. The van der Waals surface area contributed by atoms with Crippen LogP contribution in [0.1, 0.15) is 15.9 Å². The Hall–Kier alpha value is -3.73. The molecule has 0 aliphatic heterocycles. The Bertz CT molecular complexity index is 983. The molecule has 0 atom stereocenters. The number of hydrogen-bond donors (Lipinski definition) is 3. The van der Waals surface area contributed by atoms with Gasteiger partial charge in [0, 0.05) is 5.39 Å². The van der Waals surface area contributed by atoms with Crippen molar-refractivity contribution in [1.29, 1.82) is 5.26 Å². The van der Waals surface area contributed by atoms with Gasteiger partial charge in [-0.05, 0) is 11.5 Å². The normalized spacial score (nSPS) is 10.9. The van der Waals surface area contributed by atoms with E-state index in [1.54, 1.807) is 24.3 Å². The molecule has 1 aromatic heterocycles. The number of amides is 1. The van der Waals surface area contributed by atoms with Crippen LogP contribution in [0.5, 0.6) is 5.75 Å². The third-order valence-corrected chi connectivity index (χ3v) is 3.25. The second kappa shape index (κ2) is 5.57. The van der Waals surface area contributed by atoms with Gasteiger partial charge in [0.1, 0.15) is 17.3 Å². The zero-order valence-electron chi connectivity index (χ0n) is 11.7. The van der Waals surface area contributed by atoms with Crippen LogP contribution in [0.15, 0.2) is 46.8 Å². The Kier molecular flexibility index (Phi) is 3.44. The summed E-state index contributed by atoms with van der Waals surface area (Å²) in [7, 11) is 0. The van der Waals surface area contributed by atoms with Gasteiger partial charge in [0.25, 0.3) is 5.91 Å². The predicted octanol–water partition coefficient (Wildman–Crippen LogP) is 2.65. The van der Waals surface area contributed by atoms with Crippen molar-refractivity contribution in [2.45, 2.75) is 0 Å². The maximum Gasteiger partial charge on any atom is 0.252 e. The minimum absolute atomic E-state index is 0.0530. The Morgan fingerprint density at radius 1 is 1.35 bits per heavy atom. The molecule has 0 aliphatic carbocycles. The highest BCUT2D eigenvalue weighted by molar-refractivity contribution is 6.06. The van der Waals surface area contributed by atoms with Crippen molar-refractivity contribution in [2.75, 3.05) is 0 Å². The van der Waals surface area contributed by atoms with Crippen LogP contribution in [0.4, 0.5) is 11.5 Å². The minimum atomic E-state index is -0.774. The number of aromatic amines is 1. The van der Waals surface area contributed by atoms with Gasteiger partial charge in [-0.25, -0.2) is 0 Å². The average molecular weight is 306 g/mol. The number of H-pyrrole nitrogens is 1. The van der Waals surface area contributed by atoms with Gasteiger partial charge < -0.3 is 10.8 Å². The second-order valence-corrected chi connectivity index (χ2v) is 4.65. The zero-order valence-corrected chi connectivity index (χ0v) is 11.7. The molecule has 3 rings (SSSR count). The fourth-order valence-electron chi connectivity index (χ4n) is 2.14. The standard InChI is InChI=1S/C15H10N6O2/c16-6-9-7-18-20-15(9)21-19-12-10-4-2-1-3-8(10)5-11(13(12)22)14(17)23/h1-5,7,22H,(H2,17,23)(H,18,20). The Morgan fingerprint density at radius 2 is 2.13 bits per heavy atom. The summed E-state index contributed by atoms with van der Waals surface area (Å²) in [4.78, 5) is 11.5. The molecule has 1 heterocycles. The van der Waals surface area contributed by atoms with Crippen LogP contribution in [-0.4, -0.2) is 21.2 Å². The monoisotopic (exact) mass is 306 g/mol. The molecule has 0 radical (unpaired) electrons. The number of nitrogens with zero attached hydrogens (tertiary/aromatic N) is 4. The molecule has 2 aromatic carbocycles. The molecular formula is C15H10N6O2. The second-order valence-electron chi connectivity index (χ2n) is 4.65. The minimum Gasteiger partial charge on any atom is -0.505 e. The zero-order chi connectivity index (χ0) is 16.4. The van der Waals surface area contributed by atoms with Crippen molar-refractivity contribution in [3.8, 4) is 11.8 Å². The molecule has 0 aliphatic rings. The predicted molar refractivity (Wildman–Crippen MR) is 81.6 cm³/mol. The van der Waals surface area contributed by atoms with E-state index in [1.807, 2.05) is 6.07 Å². The number of benzene rings is 2. The summed E-state index contributed by atoms with van der Waals surface area (Å²) in [5.74, 6) is -0.984. The third kappa shape index (κ3) is 2.47. The Labute approximate surface area is 129 Å². The first-order valence-corrected chi connectivity index (χ1v) is 6.51. The maximum atomic E-state index is 11.5. The molecule has 0 fully saturated rings. The molecule has 112 valence electrons. The van der Waals surface area contributed by atoms with E-state index in [0.29, 0.717) is 10.8 Å². The number of primary amides is 1. The summed E-state index contributed by atoms with van der Waals surface area (Å²) >= 11 is 0. The SMILES string of the molecule is N#Cc1cn[nH]c1N=Nc1c(O)c(C(N)=O)cc2ccccc12. The lowest BCUT2D eigenvalue weighted by molar-refractivity contribution is 0.0998. The van der Waals surface area contributed by atoms with Crippen LogP contribution in [0.25, 0.3) is 10.8 Å². The van der Waals surface area contributed by atoms with E-state index in [0.717, 1.165) is 0 Å². The number of nitrogens with one attached hydrogen (secondary N) is 1. The highest BCUT2D eigenvalue weighted by Gasteiger charge is 2.16. The number of rotatable bonds is 3. The van der Waals surface area contributed by atoms with Gasteiger partial charge in [0.2, 0.25) is 0 Å². The van der Waals surface area contributed by atoms with Crippen molar-refractivity contribution >= 4 is 28.2 Å². The lowest BCUT2D eigenvalue weighted by atomic mass is 10.0. The number of nitriles is 1. The number of aromatic hydroxyl groups is 1. The van der Waals surface area contributed by atoms with Gasteiger partial charge in [-0.1, -0.05) is 24.3 Å². The van der Waals surface area contributed by atoms with E-state index < -0.39 is 5.91 Å². The largest absolute Gasteiger partial charge is 0.505 e. The van der Waals surface area contributed by atoms with E-state index in [9.17, 15) is 9.90 Å². The molecule has 0 saturated carbocycles. The fourth-order valence-corrected chi connectivity index (χ4v) is 2.14. The van der Waals surface area contributed by atoms with E-state index in [1.165, 1.54) is 12.3 Å². The molecule has 1 amide bonds. The van der Waals surface area contributed by atoms with Crippen molar-refractivity contribution in [2.24, 2.45) is 16.0 Å². The Morgan fingerprint density at radius 3 is 2.87 bits per heavy atom. The molecular weight excluding hydrogens is 296 g/mol. The van der Waals surface area contributed by atoms with Crippen LogP contribution < -0.4 is 5.73 Å². The number of fused-ring (bicyclic) bond motifs is 1. The molecule has 8 nitrogen and oxygen atoms in total. The highest BCUT2D eigenvalue weighted by Crippen LogP contribution is 2.39. The van der Waals surface area contributed by atoms with Crippen molar-refractivity contribution in [1.82, 2.24) is 10.2 Å². The van der Waals surface area contributed by atoms with Gasteiger partial charge in [-0.3, -0.25) is 9.89 Å². The number of azo groups is 1. The first-order valence-electron chi connectivity index (χ1n) is 6.51. The number of carbonyl (C=O) groups is 1. The first-order chi connectivity index (χ1) is 11.1. The van der Waals surface area contributed by atoms with Crippen LogP contribution in [-0.2, 0) is 0 Å². The van der Waals surface area contributed by atoms with Crippen LogP contribution in [0.2, 0.25) is 0 Å². The molecule has 3 aromatic rings. The molecule has 23 heavy (non-hydrogen) atoms. The summed E-state index contributed by atoms with van der Waals surface area (Å²) in [6, 6.07) is 10.4. The molecule has 0 bridgehead atoms. The number of aromatic nitrogens is 2. The molecule has 4 N–H and O–H groups in total. The van der Waals surface area contributed by atoms with Gasteiger partial charge in [0.15, 0.2) is 11.6 Å². The molecule has 8 heteroatoms. The van der Waals surface area contributed by atoms with Gasteiger partial charge in [0.05, 0.1) is 11.8 Å². The third-order valence-electron chi connectivity index (χ3n) is 3.25. The lowest BCUT2D eigenvalue weighted by Crippen LogP contribution is -2.11. The van der Waals surface area contributed by atoms with E-state index >= 15 is 0 Å². The van der Waals surface area contributed by atoms with Gasteiger partial charge in [-0.15, -0.1) is 10.2 Å². The van der Waals surface area contributed by atoms with Gasteiger partial charge >= 0.3 is 0 Å². The summed E-state index contributed by atoms with van der Waals surface area (Å²) in [5, 5.41) is 34.6. The summed E-state index contributed by atoms with van der Waals surface area (Å²) < 4.78 is 0. The smallest absolute Gasteiger partial charge is 0.252 e. The maximum absolute atomic E-state index is 11.5.